The first-order valence-electron chi connectivity index (χ1n) is 7.57. The van der Waals surface area contributed by atoms with Crippen molar-refractivity contribution in [3.63, 3.8) is 0 Å². The lowest BCUT2D eigenvalue weighted by molar-refractivity contribution is 0.0690. The van der Waals surface area contributed by atoms with Gasteiger partial charge in [0.25, 0.3) is 0 Å². The highest BCUT2D eigenvalue weighted by Crippen LogP contribution is 2.26. The molecule has 5 nitrogen and oxygen atoms in total. The number of nitrogens with zero attached hydrogens (tertiary/aromatic N) is 3. The minimum Gasteiger partial charge on any atom is -0.476 e. The quantitative estimate of drug-likeness (QED) is 0.749. The van der Waals surface area contributed by atoms with Gasteiger partial charge in [-0.25, -0.2) is 4.79 Å². The zero-order valence-electron chi connectivity index (χ0n) is 13.4. The first kappa shape index (κ1) is 16.3. The second kappa shape index (κ2) is 6.88. The van der Waals surface area contributed by atoms with Gasteiger partial charge in [0.2, 0.25) is 0 Å². The van der Waals surface area contributed by atoms with Crippen molar-refractivity contribution in [1.29, 1.82) is 0 Å². The maximum absolute atomic E-state index is 10.8. The van der Waals surface area contributed by atoms with Crippen LogP contribution in [0.5, 0.6) is 0 Å². The molecule has 1 aromatic heterocycles. The van der Waals surface area contributed by atoms with E-state index in [9.17, 15) is 4.79 Å². The van der Waals surface area contributed by atoms with Crippen LogP contribution in [0.25, 0.3) is 11.1 Å². The maximum Gasteiger partial charge on any atom is 0.358 e. The Hall–Kier alpha value is -2.60. The molecule has 0 unspecified atom stereocenters. The summed E-state index contributed by atoms with van der Waals surface area (Å²) < 4.78 is 1.44. The lowest BCUT2D eigenvalue weighted by atomic mass is 9.99. The first-order valence-corrected chi connectivity index (χ1v) is 8.34. The van der Waals surface area contributed by atoms with Gasteiger partial charge in [0.15, 0.2) is 5.69 Å². The van der Waals surface area contributed by atoms with E-state index in [0.717, 1.165) is 10.5 Å². The van der Waals surface area contributed by atoms with Crippen LogP contribution < -0.4 is 0 Å². The summed E-state index contributed by atoms with van der Waals surface area (Å²) in [5.41, 5.74) is 3.57. The number of aromatic nitrogens is 3. The molecule has 0 saturated carbocycles. The van der Waals surface area contributed by atoms with E-state index in [4.69, 9.17) is 5.11 Å². The Labute approximate surface area is 144 Å². The largest absolute Gasteiger partial charge is 0.476 e. The molecule has 0 spiro atoms. The van der Waals surface area contributed by atoms with Crippen LogP contribution in [0.15, 0.2) is 59.6 Å². The fourth-order valence-electron chi connectivity index (χ4n) is 2.27. The number of carboxylic acid groups (broad SMARTS) is 1. The van der Waals surface area contributed by atoms with E-state index in [1.165, 1.54) is 33.4 Å². The summed E-state index contributed by atoms with van der Waals surface area (Å²) >= 11 is 1.32. The average Bonchev–Trinajstić information content (AvgIpc) is 3.04. The second-order valence-electron chi connectivity index (χ2n) is 5.70. The van der Waals surface area contributed by atoms with Crippen molar-refractivity contribution in [1.82, 2.24) is 14.4 Å². The molecule has 3 rings (SSSR count). The van der Waals surface area contributed by atoms with E-state index >= 15 is 0 Å². The Bertz CT molecular complexity index is 839. The van der Waals surface area contributed by atoms with Crippen LogP contribution in [0.4, 0.5) is 0 Å². The Kier molecular flexibility index (Phi) is 4.66. The lowest BCUT2D eigenvalue weighted by Gasteiger charge is -2.07. The molecular weight excluding hydrogens is 322 g/mol. The number of carbonyl (C=O) groups is 1. The average molecular weight is 339 g/mol. The van der Waals surface area contributed by atoms with Gasteiger partial charge in [0.05, 0.1) is 6.20 Å². The van der Waals surface area contributed by atoms with Crippen LogP contribution in [-0.2, 0) is 0 Å². The molecule has 0 amide bonds. The lowest BCUT2D eigenvalue weighted by Crippen LogP contribution is -1.95. The number of hydrogen-bond donors (Lipinski definition) is 1. The number of hydrogen-bond acceptors (Lipinski definition) is 4. The molecule has 0 aliphatic heterocycles. The van der Waals surface area contributed by atoms with E-state index < -0.39 is 5.97 Å². The summed E-state index contributed by atoms with van der Waals surface area (Å²) in [5.74, 6) is -0.557. The van der Waals surface area contributed by atoms with Crippen molar-refractivity contribution in [2.45, 2.75) is 24.7 Å². The third-order valence-corrected chi connectivity index (χ3v) is 4.50. The zero-order valence-corrected chi connectivity index (χ0v) is 14.2. The van der Waals surface area contributed by atoms with Crippen LogP contribution in [-0.4, -0.2) is 25.5 Å². The predicted molar refractivity (Wildman–Crippen MR) is 94.2 cm³/mol. The summed E-state index contributed by atoms with van der Waals surface area (Å²) in [5, 5.41) is 16.2. The van der Waals surface area contributed by atoms with E-state index in [1.54, 1.807) is 0 Å². The fourth-order valence-corrected chi connectivity index (χ4v) is 2.97. The highest BCUT2D eigenvalue weighted by Gasteiger charge is 2.09. The molecule has 0 saturated heterocycles. The number of rotatable bonds is 5. The molecule has 1 heterocycles. The first-order chi connectivity index (χ1) is 11.5. The summed E-state index contributed by atoms with van der Waals surface area (Å²) in [6.07, 6.45) is 1.39. The number of aromatic carboxylic acids is 1. The third-order valence-electron chi connectivity index (χ3n) is 3.66. The summed E-state index contributed by atoms with van der Waals surface area (Å²) in [4.78, 5) is 11.8. The van der Waals surface area contributed by atoms with Crippen molar-refractivity contribution >= 4 is 17.9 Å². The van der Waals surface area contributed by atoms with Gasteiger partial charge in [-0.15, -0.1) is 5.10 Å². The van der Waals surface area contributed by atoms with Crippen molar-refractivity contribution < 1.29 is 9.90 Å². The van der Waals surface area contributed by atoms with E-state index in [-0.39, 0.29) is 5.69 Å². The molecule has 0 aliphatic rings. The van der Waals surface area contributed by atoms with Gasteiger partial charge in [-0.2, -0.15) is 4.09 Å². The number of carboxylic acids is 1. The highest BCUT2D eigenvalue weighted by molar-refractivity contribution is 7.97. The van der Waals surface area contributed by atoms with E-state index in [0.29, 0.717) is 5.92 Å². The second-order valence-corrected chi connectivity index (χ2v) is 6.73. The number of benzene rings is 2. The van der Waals surface area contributed by atoms with E-state index in [1.807, 2.05) is 24.3 Å². The molecule has 0 atom stereocenters. The molecular formula is C18H17N3O2S. The SMILES string of the molecule is CC(C)c1ccc(-c2ccc(Sn3cc(C(=O)O)nn3)cc2)cc1. The molecule has 1 N–H and O–H groups in total. The highest BCUT2D eigenvalue weighted by atomic mass is 32.2. The molecule has 6 heteroatoms. The zero-order chi connectivity index (χ0) is 17.1. The van der Waals surface area contributed by atoms with Crippen LogP contribution in [0.2, 0.25) is 0 Å². The molecule has 0 radical (unpaired) electrons. The summed E-state index contributed by atoms with van der Waals surface area (Å²) in [6.45, 7) is 4.36. The van der Waals surface area contributed by atoms with Gasteiger partial charge in [-0.1, -0.05) is 55.5 Å². The molecule has 24 heavy (non-hydrogen) atoms. The van der Waals surface area contributed by atoms with Gasteiger partial charge >= 0.3 is 5.97 Å². The molecule has 2 aromatic carbocycles. The Balaban J connectivity index is 1.73. The van der Waals surface area contributed by atoms with Gasteiger partial charge < -0.3 is 5.11 Å². The van der Waals surface area contributed by atoms with Crippen molar-refractivity contribution in [2.24, 2.45) is 0 Å². The standard InChI is InChI=1S/C18H17N3O2S/c1-12(2)13-3-5-14(6-4-13)15-7-9-16(10-8-15)24-21-11-17(18(22)23)19-20-21/h3-12H,1-2H3,(H,22,23). The van der Waals surface area contributed by atoms with Crippen LogP contribution >= 0.6 is 11.9 Å². The van der Waals surface area contributed by atoms with Crippen LogP contribution in [0.3, 0.4) is 0 Å². The minimum absolute atomic E-state index is 0.0654. The monoisotopic (exact) mass is 339 g/mol. The van der Waals surface area contributed by atoms with Gasteiger partial charge in [0.1, 0.15) is 0 Å². The fraction of sp³-hybridized carbons (Fsp3) is 0.167. The Morgan fingerprint density at radius 2 is 1.62 bits per heavy atom. The van der Waals surface area contributed by atoms with Crippen LogP contribution in [0, 0.1) is 0 Å². The molecule has 3 aromatic rings. The Morgan fingerprint density at radius 1 is 1.04 bits per heavy atom. The molecule has 0 aliphatic carbocycles. The van der Waals surface area contributed by atoms with Gasteiger partial charge in [-0.05, 0) is 34.7 Å². The predicted octanol–water partition coefficient (Wildman–Crippen LogP) is 4.32. The normalized spacial score (nSPS) is 11.0. The maximum atomic E-state index is 10.8. The summed E-state index contributed by atoms with van der Waals surface area (Å²) in [7, 11) is 0. The van der Waals surface area contributed by atoms with Crippen molar-refractivity contribution in [2.75, 3.05) is 0 Å². The summed E-state index contributed by atoms with van der Waals surface area (Å²) in [6, 6.07) is 16.6. The van der Waals surface area contributed by atoms with Gasteiger partial charge in [-0.3, -0.25) is 0 Å². The molecule has 0 bridgehead atoms. The van der Waals surface area contributed by atoms with Crippen molar-refractivity contribution in [3.05, 3.63) is 66.0 Å². The van der Waals surface area contributed by atoms with Crippen LogP contribution in [0.1, 0.15) is 35.8 Å². The Morgan fingerprint density at radius 3 is 2.12 bits per heavy atom. The minimum atomic E-state index is -1.08. The van der Waals surface area contributed by atoms with Crippen molar-refractivity contribution in [3.8, 4) is 11.1 Å². The van der Waals surface area contributed by atoms with E-state index in [2.05, 4.69) is 48.4 Å². The smallest absolute Gasteiger partial charge is 0.358 e. The third kappa shape index (κ3) is 3.65. The molecule has 122 valence electrons. The van der Waals surface area contributed by atoms with Gasteiger partial charge in [0, 0.05) is 16.8 Å². The topological polar surface area (TPSA) is 68.0 Å². The molecule has 0 fully saturated rings.